The van der Waals surface area contributed by atoms with Gasteiger partial charge in [-0.25, -0.2) is 13.1 Å². The van der Waals surface area contributed by atoms with Crippen LogP contribution >= 0.6 is 11.6 Å². The molecular formula is C14H17ClN2O5S. The van der Waals surface area contributed by atoms with Crippen LogP contribution in [0.2, 0.25) is 5.02 Å². The fraction of sp³-hybridized carbons (Fsp3) is 0.429. The van der Waals surface area contributed by atoms with Gasteiger partial charge in [0, 0.05) is 16.6 Å². The van der Waals surface area contributed by atoms with Gasteiger partial charge in [0.15, 0.2) is 0 Å². The molecule has 1 amide bonds. The van der Waals surface area contributed by atoms with E-state index in [-0.39, 0.29) is 21.5 Å². The summed E-state index contributed by atoms with van der Waals surface area (Å²) in [5, 5.41) is 9.04. The van der Waals surface area contributed by atoms with Crippen molar-refractivity contribution in [3.8, 4) is 0 Å². The number of halogens is 1. The molecule has 1 aromatic carbocycles. The van der Waals surface area contributed by atoms with Crippen LogP contribution in [0.15, 0.2) is 23.1 Å². The molecule has 0 spiro atoms. The van der Waals surface area contributed by atoms with Crippen LogP contribution in [-0.4, -0.2) is 31.4 Å². The zero-order valence-electron chi connectivity index (χ0n) is 12.2. The number of carboxylic acid groups (broad SMARTS) is 1. The van der Waals surface area contributed by atoms with Crippen LogP contribution < -0.4 is 10.5 Å². The predicted octanol–water partition coefficient (Wildman–Crippen LogP) is 1.36. The maximum atomic E-state index is 12.4. The first-order valence-corrected chi connectivity index (χ1v) is 8.90. The average molecular weight is 361 g/mol. The highest BCUT2D eigenvalue weighted by atomic mass is 35.5. The average Bonchev–Trinajstić information content (AvgIpc) is 2.46. The van der Waals surface area contributed by atoms with Crippen molar-refractivity contribution >= 4 is 33.5 Å². The summed E-state index contributed by atoms with van der Waals surface area (Å²) in [6.07, 6.45) is 1.73. The van der Waals surface area contributed by atoms with Crippen molar-refractivity contribution in [2.45, 2.75) is 36.6 Å². The van der Waals surface area contributed by atoms with Gasteiger partial charge >= 0.3 is 5.97 Å². The number of sulfonamides is 1. The summed E-state index contributed by atoms with van der Waals surface area (Å²) in [7, 11) is -3.87. The Balaban J connectivity index is 2.14. The molecule has 1 aliphatic carbocycles. The third-order valence-corrected chi connectivity index (χ3v) is 5.58. The number of aliphatic carboxylic acids is 1. The summed E-state index contributed by atoms with van der Waals surface area (Å²) in [4.78, 5) is 22.0. The van der Waals surface area contributed by atoms with Crippen molar-refractivity contribution in [3.05, 3.63) is 28.8 Å². The molecule has 7 nitrogen and oxygen atoms in total. The van der Waals surface area contributed by atoms with Gasteiger partial charge in [-0.05, 0) is 43.9 Å². The van der Waals surface area contributed by atoms with Crippen LogP contribution in [0, 0.1) is 5.92 Å². The number of amides is 1. The number of primary amides is 1. The lowest BCUT2D eigenvalue weighted by Crippen LogP contribution is -2.38. The van der Waals surface area contributed by atoms with Gasteiger partial charge in [0.05, 0.1) is 10.8 Å². The molecule has 0 heterocycles. The highest BCUT2D eigenvalue weighted by Crippen LogP contribution is 2.26. The van der Waals surface area contributed by atoms with Crippen LogP contribution in [-0.2, 0) is 14.8 Å². The number of nitrogens with one attached hydrogen (secondary N) is 1. The summed E-state index contributed by atoms with van der Waals surface area (Å²) in [6, 6.07) is 3.35. The molecule has 0 aliphatic heterocycles. The van der Waals surface area contributed by atoms with Gasteiger partial charge in [0.1, 0.15) is 0 Å². The van der Waals surface area contributed by atoms with Gasteiger partial charge in [-0.15, -0.1) is 0 Å². The minimum atomic E-state index is -3.87. The van der Waals surface area contributed by atoms with Gasteiger partial charge < -0.3 is 10.8 Å². The lowest BCUT2D eigenvalue weighted by molar-refractivity contribution is -0.142. The minimum Gasteiger partial charge on any atom is -0.481 e. The Morgan fingerprint density at radius 3 is 2.30 bits per heavy atom. The molecule has 2 rings (SSSR count). The van der Waals surface area contributed by atoms with Gasteiger partial charge in [-0.1, -0.05) is 11.6 Å². The molecule has 4 N–H and O–H groups in total. The third kappa shape index (κ3) is 4.43. The Hall–Kier alpha value is -1.64. The standard InChI is InChI=1S/C14H17ClN2O5S/c15-10-5-9(13(16)18)6-12(7-10)23(21,22)17-11-3-1-8(2-4-11)14(19)20/h5-8,11,17H,1-4H2,(H2,16,18)(H,19,20). The van der Waals surface area contributed by atoms with E-state index >= 15 is 0 Å². The molecule has 126 valence electrons. The number of benzene rings is 1. The van der Waals surface area contributed by atoms with Crippen molar-refractivity contribution in [1.29, 1.82) is 0 Å². The van der Waals surface area contributed by atoms with Crippen LogP contribution in [0.1, 0.15) is 36.0 Å². The van der Waals surface area contributed by atoms with Gasteiger partial charge in [-0.2, -0.15) is 0 Å². The number of carboxylic acids is 1. The van der Waals surface area contributed by atoms with Crippen LogP contribution in [0.25, 0.3) is 0 Å². The van der Waals surface area contributed by atoms with Gasteiger partial charge in [-0.3, -0.25) is 9.59 Å². The Kier molecular flexibility index (Phi) is 5.28. The number of hydrogen-bond donors (Lipinski definition) is 3. The molecule has 0 saturated heterocycles. The van der Waals surface area contributed by atoms with Crippen molar-refractivity contribution in [1.82, 2.24) is 4.72 Å². The van der Waals surface area contributed by atoms with E-state index < -0.39 is 27.8 Å². The zero-order chi connectivity index (χ0) is 17.2. The Morgan fingerprint density at radius 2 is 1.78 bits per heavy atom. The first-order valence-electron chi connectivity index (χ1n) is 7.04. The largest absolute Gasteiger partial charge is 0.481 e. The van der Waals surface area contributed by atoms with E-state index in [0.717, 1.165) is 0 Å². The van der Waals surface area contributed by atoms with E-state index in [9.17, 15) is 18.0 Å². The normalized spacial score (nSPS) is 21.8. The fourth-order valence-corrected chi connectivity index (χ4v) is 4.28. The van der Waals surface area contributed by atoms with Crippen molar-refractivity contribution in [2.75, 3.05) is 0 Å². The topological polar surface area (TPSA) is 127 Å². The summed E-state index contributed by atoms with van der Waals surface area (Å²) < 4.78 is 27.3. The summed E-state index contributed by atoms with van der Waals surface area (Å²) in [6.45, 7) is 0. The lowest BCUT2D eigenvalue weighted by Gasteiger charge is -2.26. The SMILES string of the molecule is NC(=O)c1cc(Cl)cc(S(=O)(=O)NC2CCC(C(=O)O)CC2)c1. The smallest absolute Gasteiger partial charge is 0.306 e. The molecule has 0 radical (unpaired) electrons. The van der Waals surface area contributed by atoms with Crippen LogP contribution in [0.4, 0.5) is 0 Å². The van der Waals surface area contributed by atoms with E-state index in [1.165, 1.54) is 18.2 Å². The molecule has 0 unspecified atom stereocenters. The van der Waals surface area contributed by atoms with Crippen molar-refractivity contribution < 1.29 is 23.1 Å². The number of carbonyl (C=O) groups is 2. The van der Waals surface area contributed by atoms with Crippen molar-refractivity contribution in [2.24, 2.45) is 11.7 Å². The molecule has 0 bridgehead atoms. The third-order valence-electron chi connectivity index (χ3n) is 3.86. The summed E-state index contributed by atoms with van der Waals surface area (Å²) >= 11 is 5.83. The molecular weight excluding hydrogens is 344 g/mol. The molecule has 0 atom stereocenters. The fourth-order valence-electron chi connectivity index (χ4n) is 2.61. The van der Waals surface area contributed by atoms with Crippen LogP contribution in [0.3, 0.4) is 0 Å². The molecule has 1 fully saturated rings. The molecule has 9 heteroatoms. The Labute approximate surface area is 138 Å². The summed E-state index contributed by atoms with van der Waals surface area (Å²) in [5.41, 5.74) is 5.16. The number of hydrogen-bond acceptors (Lipinski definition) is 4. The summed E-state index contributed by atoms with van der Waals surface area (Å²) in [5.74, 6) is -2.05. The predicted molar refractivity (Wildman–Crippen MR) is 83.7 cm³/mol. The van der Waals surface area contributed by atoms with Gasteiger partial charge in [0.2, 0.25) is 15.9 Å². The Morgan fingerprint density at radius 1 is 1.17 bits per heavy atom. The first kappa shape index (κ1) is 17.7. The lowest BCUT2D eigenvalue weighted by atomic mass is 9.87. The highest BCUT2D eigenvalue weighted by molar-refractivity contribution is 7.89. The maximum Gasteiger partial charge on any atom is 0.306 e. The minimum absolute atomic E-state index is 0.00691. The number of nitrogens with two attached hydrogens (primary N) is 1. The number of rotatable bonds is 5. The molecule has 23 heavy (non-hydrogen) atoms. The van der Waals surface area contributed by atoms with E-state index in [1.54, 1.807) is 0 Å². The quantitative estimate of drug-likeness (QED) is 0.730. The molecule has 1 saturated carbocycles. The first-order chi connectivity index (χ1) is 10.7. The highest BCUT2D eigenvalue weighted by Gasteiger charge is 2.29. The molecule has 0 aromatic heterocycles. The van der Waals surface area contributed by atoms with E-state index in [2.05, 4.69) is 4.72 Å². The monoisotopic (exact) mass is 360 g/mol. The Bertz CT molecular complexity index is 727. The second kappa shape index (κ2) is 6.86. The van der Waals surface area contributed by atoms with Crippen molar-refractivity contribution in [3.63, 3.8) is 0 Å². The van der Waals surface area contributed by atoms with E-state index in [1.807, 2.05) is 0 Å². The molecule has 1 aliphatic rings. The van der Waals surface area contributed by atoms with E-state index in [4.69, 9.17) is 22.4 Å². The zero-order valence-corrected chi connectivity index (χ0v) is 13.7. The second-order valence-electron chi connectivity index (χ2n) is 5.55. The molecule has 1 aromatic rings. The van der Waals surface area contributed by atoms with E-state index in [0.29, 0.717) is 25.7 Å². The number of carbonyl (C=O) groups excluding carboxylic acids is 1. The maximum absolute atomic E-state index is 12.4. The van der Waals surface area contributed by atoms with Gasteiger partial charge in [0.25, 0.3) is 0 Å². The van der Waals surface area contributed by atoms with Crippen LogP contribution in [0.5, 0.6) is 0 Å². The second-order valence-corrected chi connectivity index (χ2v) is 7.70.